The van der Waals surface area contributed by atoms with Gasteiger partial charge in [0.05, 0.1) is 19.3 Å². The minimum Gasteiger partial charge on any atom is -0.480 e. The summed E-state index contributed by atoms with van der Waals surface area (Å²) in [5, 5.41) is 11.1. The molecule has 1 atom stereocenters. The predicted molar refractivity (Wildman–Crippen MR) is 96.5 cm³/mol. The van der Waals surface area contributed by atoms with Gasteiger partial charge >= 0.3 is 5.97 Å². The van der Waals surface area contributed by atoms with Crippen LogP contribution in [-0.2, 0) is 9.53 Å². The summed E-state index contributed by atoms with van der Waals surface area (Å²) >= 11 is 3.50. The van der Waals surface area contributed by atoms with Gasteiger partial charge in [-0.25, -0.2) is 4.98 Å². The number of carbonyl (C=O) groups is 1. The molecule has 0 amide bonds. The van der Waals surface area contributed by atoms with E-state index < -0.39 is 5.97 Å². The van der Waals surface area contributed by atoms with Crippen LogP contribution in [0.15, 0.2) is 34.9 Å². The highest BCUT2D eigenvalue weighted by atomic mass is 79.9. The summed E-state index contributed by atoms with van der Waals surface area (Å²) in [6.07, 6.45) is 1.79. The first-order chi connectivity index (χ1) is 11.5. The molecular formula is C17H20BrN3O3. The molecule has 0 spiro atoms. The number of hydrogen-bond acceptors (Lipinski definition) is 5. The molecule has 1 aromatic carbocycles. The van der Waals surface area contributed by atoms with Gasteiger partial charge in [-0.15, -0.1) is 0 Å². The molecule has 1 fully saturated rings. The number of fused-ring (bicyclic) bond motifs is 1. The van der Waals surface area contributed by atoms with E-state index in [4.69, 9.17) is 9.84 Å². The Morgan fingerprint density at radius 3 is 3.12 bits per heavy atom. The van der Waals surface area contributed by atoms with Gasteiger partial charge in [0.25, 0.3) is 0 Å². The first-order valence-corrected chi connectivity index (χ1v) is 8.63. The molecule has 1 aliphatic rings. The minimum atomic E-state index is -0.827. The van der Waals surface area contributed by atoms with Crippen LogP contribution in [0.5, 0.6) is 0 Å². The Balaban J connectivity index is 1.76. The van der Waals surface area contributed by atoms with Crippen LogP contribution < -0.4 is 4.90 Å². The standard InChI is InChI=1S/C17H20BrN3O3/c1-20(11-16(22)23)9-14-10-21(6-7-24-14)17-15-3-2-13(18)8-12(15)4-5-19-17/h2-5,8,14H,6-7,9-11H2,1H3,(H,22,23). The zero-order chi connectivity index (χ0) is 17.1. The van der Waals surface area contributed by atoms with E-state index in [9.17, 15) is 4.79 Å². The van der Waals surface area contributed by atoms with Crippen LogP contribution in [0.2, 0.25) is 0 Å². The smallest absolute Gasteiger partial charge is 0.317 e. The van der Waals surface area contributed by atoms with E-state index in [2.05, 4.69) is 37.9 Å². The van der Waals surface area contributed by atoms with Crippen LogP contribution >= 0.6 is 15.9 Å². The molecular weight excluding hydrogens is 374 g/mol. The second kappa shape index (κ2) is 7.46. The van der Waals surface area contributed by atoms with Gasteiger partial charge in [0.1, 0.15) is 5.82 Å². The number of halogens is 1. The number of aromatic nitrogens is 1. The van der Waals surface area contributed by atoms with E-state index in [1.54, 1.807) is 11.9 Å². The van der Waals surface area contributed by atoms with Crippen molar-refractivity contribution in [2.75, 3.05) is 44.7 Å². The summed E-state index contributed by atoms with van der Waals surface area (Å²) in [5.41, 5.74) is 0. The summed E-state index contributed by atoms with van der Waals surface area (Å²) in [4.78, 5) is 19.4. The van der Waals surface area contributed by atoms with Gasteiger partial charge in [-0.3, -0.25) is 9.69 Å². The molecule has 128 valence electrons. The first-order valence-electron chi connectivity index (χ1n) is 7.84. The number of carboxylic acids is 1. The Hall–Kier alpha value is -1.70. The number of nitrogens with zero attached hydrogens (tertiary/aromatic N) is 3. The number of ether oxygens (including phenoxy) is 1. The second-order valence-corrected chi connectivity index (χ2v) is 6.94. The van der Waals surface area contributed by atoms with E-state index in [0.29, 0.717) is 19.7 Å². The number of morpholine rings is 1. The third-order valence-electron chi connectivity index (χ3n) is 4.06. The second-order valence-electron chi connectivity index (χ2n) is 6.03. The Labute approximate surface area is 149 Å². The van der Waals surface area contributed by atoms with Crippen LogP contribution in [0.25, 0.3) is 10.8 Å². The zero-order valence-electron chi connectivity index (χ0n) is 13.5. The Morgan fingerprint density at radius 2 is 2.33 bits per heavy atom. The van der Waals surface area contributed by atoms with Crippen molar-refractivity contribution in [1.82, 2.24) is 9.88 Å². The Morgan fingerprint density at radius 1 is 1.50 bits per heavy atom. The van der Waals surface area contributed by atoms with Crippen molar-refractivity contribution in [3.8, 4) is 0 Å². The topological polar surface area (TPSA) is 65.9 Å². The van der Waals surface area contributed by atoms with E-state index in [1.165, 1.54) is 0 Å². The lowest BCUT2D eigenvalue weighted by atomic mass is 10.1. The molecule has 1 aromatic heterocycles. The highest BCUT2D eigenvalue weighted by molar-refractivity contribution is 9.10. The summed E-state index contributed by atoms with van der Waals surface area (Å²) in [6, 6.07) is 8.18. The number of aliphatic carboxylic acids is 1. The molecule has 0 saturated carbocycles. The number of anilines is 1. The fraction of sp³-hybridized carbons (Fsp3) is 0.412. The zero-order valence-corrected chi connectivity index (χ0v) is 15.1. The van der Waals surface area contributed by atoms with Gasteiger partial charge in [0.15, 0.2) is 0 Å². The maximum absolute atomic E-state index is 10.8. The highest BCUT2D eigenvalue weighted by Crippen LogP contribution is 2.28. The van der Waals surface area contributed by atoms with Crippen LogP contribution in [-0.4, -0.2) is 66.9 Å². The van der Waals surface area contributed by atoms with Crippen molar-refractivity contribution in [2.45, 2.75) is 6.10 Å². The first kappa shape index (κ1) is 17.1. The quantitative estimate of drug-likeness (QED) is 0.839. The molecule has 7 heteroatoms. The van der Waals surface area contributed by atoms with Crippen LogP contribution in [0.1, 0.15) is 0 Å². The van der Waals surface area contributed by atoms with Crippen molar-refractivity contribution in [1.29, 1.82) is 0 Å². The van der Waals surface area contributed by atoms with Gasteiger partial charge < -0.3 is 14.7 Å². The molecule has 3 rings (SSSR count). The number of benzene rings is 1. The van der Waals surface area contributed by atoms with Crippen molar-refractivity contribution >= 4 is 38.5 Å². The lowest BCUT2D eigenvalue weighted by molar-refractivity contribution is -0.138. The SMILES string of the molecule is CN(CC(=O)O)CC1CN(c2nccc3cc(Br)ccc23)CCO1. The van der Waals surface area contributed by atoms with Crippen LogP contribution in [0.3, 0.4) is 0 Å². The highest BCUT2D eigenvalue weighted by Gasteiger charge is 2.24. The molecule has 1 N–H and O–H groups in total. The van der Waals surface area contributed by atoms with E-state index in [1.807, 2.05) is 18.3 Å². The van der Waals surface area contributed by atoms with Crippen molar-refractivity contribution in [3.05, 3.63) is 34.9 Å². The summed E-state index contributed by atoms with van der Waals surface area (Å²) < 4.78 is 6.85. The maximum Gasteiger partial charge on any atom is 0.317 e. The minimum absolute atomic E-state index is 0.0143. The largest absolute Gasteiger partial charge is 0.480 e. The fourth-order valence-electron chi connectivity index (χ4n) is 3.05. The molecule has 24 heavy (non-hydrogen) atoms. The summed E-state index contributed by atoms with van der Waals surface area (Å²) in [5.74, 6) is 0.126. The third kappa shape index (κ3) is 4.03. The van der Waals surface area contributed by atoms with E-state index >= 15 is 0 Å². The number of carboxylic acid groups (broad SMARTS) is 1. The lowest BCUT2D eigenvalue weighted by Crippen LogP contribution is -2.48. The molecule has 0 bridgehead atoms. The molecule has 0 aliphatic carbocycles. The number of rotatable bonds is 5. The monoisotopic (exact) mass is 393 g/mol. The van der Waals surface area contributed by atoms with Gasteiger partial charge in [-0.2, -0.15) is 0 Å². The molecule has 0 radical (unpaired) electrons. The van der Waals surface area contributed by atoms with Crippen molar-refractivity contribution in [2.24, 2.45) is 0 Å². The third-order valence-corrected chi connectivity index (χ3v) is 4.56. The van der Waals surface area contributed by atoms with E-state index in [0.717, 1.165) is 27.6 Å². The van der Waals surface area contributed by atoms with E-state index in [-0.39, 0.29) is 12.6 Å². The maximum atomic E-state index is 10.8. The molecule has 1 aliphatic heterocycles. The molecule has 2 aromatic rings. The normalized spacial score (nSPS) is 18.3. The lowest BCUT2D eigenvalue weighted by Gasteiger charge is -2.35. The number of hydrogen-bond donors (Lipinski definition) is 1. The van der Waals surface area contributed by atoms with Gasteiger partial charge in [0, 0.05) is 35.7 Å². The van der Waals surface area contributed by atoms with Crippen LogP contribution in [0, 0.1) is 0 Å². The number of pyridine rings is 1. The van der Waals surface area contributed by atoms with Gasteiger partial charge in [-0.05, 0) is 36.7 Å². The average molecular weight is 394 g/mol. The Kier molecular flexibility index (Phi) is 5.33. The number of likely N-dealkylation sites (N-methyl/N-ethyl adjacent to an activating group) is 1. The molecule has 1 saturated heterocycles. The molecule has 6 nitrogen and oxygen atoms in total. The predicted octanol–water partition coefficient (Wildman–Crippen LogP) is 2.22. The van der Waals surface area contributed by atoms with Gasteiger partial charge in [-0.1, -0.05) is 15.9 Å². The van der Waals surface area contributed by atoms with Gasteiger partial charge in [0.2, 0.25) is 0 Å². The molecule has 2 heterocycles. The van der Waals surface area contributed by atoms with Crippen LogP contribution in [0.4, 0.5) is 5.82 Å². The van der Waals surface area contributed by atoms with Crippen molar-refractivity contribution in [3.63, 3.8) is 0 Å². The summed E-state index contributed by atoms with van der Waals surface area (Å²) in [7, 11) is 1.80. The fourth-order valence-corrected chi connectivity index (χ4v) is 3.43. The van der Waals surface area contributed by atoms with Crippen molar-refractivity contribution < 1.29 is 14.6 Å². The molecule has 1 unspecified atom stereocenters. The average Bonchev–Trinajstić information content (AvgIpc) is 2.53. The Bertz CT molecular complexity index is 740. The summed E-state index contributed by atoms with van der Waals surface area (Å²) in [6.45, 7) is 2.69.